The molecule has 2 aliphatic heterocycles. The fraction of sp³-hybridized carbons (Fsp3) is 0.531. The molecule has 1 N–H and O–H groups in total. The van der Waals surface area contributed by atoms with Crippen molar-refractivity contribution in [2.75, 3.05) is 26.3 Å². The van der Waals surface area contributed by atoms with Crippen molar-refractivity contribution in [1.29, 1.82) is 0 Å². The molecule has 8 heteroatoms. The SMILES string of the molecule is Brc1ccc(C2=CCCCC2)cc1.C1CCOC1.CC(C)(C)OC(=O)N1CC[C@@H](O)[C@H](c2ccc(Br)cc2)C1.[B]. The number of aliphatic hydroxyl groups excluding tert-OH is 1. The Hall–Kier alpha value is -1.61. The van der Waals surface area contributed by atoms with Crippen LogP contribution in [0.2, 0.25) is 0 Å². The van der Waals surface area contributed by atoms with Gasteiger partial charge in [0.1, 0.15) is 5.60 Å². The lowest BCUT2D eigenvalue weighted by Gasteiger charge is -2.37. The van der Waals surface area contributed by atoms with Crippen LogP contribution in [0.3, 0.4) is 0 Å². The topological polar surface area (TPSA) is 59.0 Å². The van der Waals surface area contributed by atoms with Gasteiger partial charge in [0.25, 0.3) is 0 Å². The number of piperidine rings is 1. The van der Waals surface area contributed by atoms with E-state index in [9.17, 15) is 9.90 Å². The Morgan fingerprint density at radius 1 is 0.950 bits per heavy atom. The van der Waals surface area contributed by atoms with Crippen LogP contribution < -0.4 is 0 Å². The molecule has 2 fully saturated rings. The van der Waals surface area contributed by atoms with Gasteiger partial charge in [-0.2, -0.15) is 0 Å². The zero-order valence-corrected chi connectivity index (χ0v) is 27.3. The minimum Gasteiger partial charge on any atom is -0.444 e. The average Bonchev–Trinajstić information content (AvgIpc) is 3.51. The molecule has 1 amide bonds. The number of likely N-dealkylation sites (tertiary alicyclic amines) is 1. The molecule has 0 bridgehead atoms. The number of amides is 1. The quantitative estimate of drug-likeness (QED) is 0.325. The Bertz CT molecular complexity index is 1040. The minimum absolute atomic E-state index is 0. The highest BCUT2D eigenvalue weighted by atomic mass is 79.9. The van der Waals surface area contributed by atoms with Crippen LogP contribution >= 0.6 is 31.9 Å². The molecule has 40 heavy (non-hydrogen) atoms. The molecule has 3 aliphatic rings. The molecule has 0 aromatic heterocycles. The summed E-state index contributed by atoms with van der Waals surface area (Å²) in [7, 11) is 0. The Labute approximate surface area is 259 Å². The predicted molar refractivity (Wildman–Crippen MR) is 172 cm³/mol. The number of carbonyl (C=O) groups is 1. The summed E-state index contributed by atoms with van der Waals surface area (Å²) >= 11 is 6.86. The fourth-order valence-corrected chi connectivity index (χ4v) is 5.27. The van der Waals surface area contributed by atoms with Crippen LogP contribution in [0, 0.1) is 0 Å². The highest BCUT2D eigenvalue weighted by Crippen LogP contribution is 2.30. The molecule has 2 aromatic rings. The van der Waals surface area contributed by atoms with E-state index >= 15 is 0 Å². The van der Waals surface area contributed by atoms with Gasteiger partial charge in [0.05, 0.1) is 6.10 Å². The summed E-state index contributed by atoms with van der Waals surface area (Å²) in [5, 5.41) is 10.2. The number of aliphatic hydroxyl groups is 1. The first-order chi connectivity index (χ1) is 18.6. The maximum Gasteiger partial charge on any atom is 0.410 e. The van der Waals surface area contributed by atoms with Gasteiger partial charge in [-0.1, -0.05) is 62.2 Å². The van der Waals surface area contributed by atoms with E-state index in [1.54, 1.807) is 4.90 Å². The number of ether oxygens (including phenoxy) is 2. The Kier molecular flexibility index (Phi) is 15.0. The van der Waals surface area contributed by atoms with Crippen LogP contribution in [0.15, 0.2) is 63.6 Å². The van der Waals surface area contributed by atoms with Crippen LogP contribution in [0.5, 0.6) is 0 Å². The molecule has 3 radical (unpaired) electrons. The van der Waals surface area contributed by atoms with Gasteiger partial charge in [-0.15, -0.1) is 0 Å². The second-order valence-corrected chi connectivity index (χ2v) is 13.1. The standard InChI is InChI=1S/C16H22BrNO3.C12H13Br.C4H8O.B/c1-16(2,3)21-15(20)18-9-8-14(19)13(10-18)11-4-6-12(17)7-5-11;13-12-8-6-11(7-9-12)10-4-2-1-3-5-10;1-2-4-5-3-1;/h4-7,13-14,19H,8-10H2,1-3H3;4,6-9H,1-3,5H2;1-4H2;/t13-,14+;;;/m0.../s1. The summed E-state index contributed by atoms with van der Waals surface area (Å²) in [5.74, 6) is -0.0700. The molecule has 1 aliphatic carbocycles. The van der Waals surface area contributed by atoms with E-state index in [1.807, 2.05) is 45.0 Å². The summed E-state index contributed by atoms with van der Waals surface area (Å²) in [5.41, 5.74) is 3.46. The minimum atomic E-state index is -0.500. The van der Waals surface area contributed by atoms with Crippen molar-refractivity contribution in [3.63, 3.8) is 0 Å². The van der Waals surface area contributed by atoms with E-state index in [4.69, 9.17) is 9.47 Å². The largest absolute Gasteiger partial charge is 0.444 e. The van der Waals surface area contributed by atoms with E-state index < -0.39 is 11.7 Å². The van der Waals surface area contributed by atoms with Crippen molar-refractivity contribution in [1.82, 2.24) is 4.90 Å². The molecule has 217 valence electrons. The average molecular weight is 676 g/mol. The number of rotatable bonds is 2. The summed E-state index contributed by atoms with van der Waals surface area (Å²) in [6, 6.07) is 16.5. The monoisotopic (exact) mass is 674 g/mol. The van der Waals surface area contributed by atoms with Crippen LogP contribution in [0.1, 0.15) is 82.8 Å². The molecule has 2 saturated heterocycles. The number of halogens is 2. The van der Waals surface area contributed by atoms with E-state index in [-0.39, 0.29) is 20.4 Å². The second kappa shape index (κ2) is 17.4. The van der Waals surface area contributed by atoms with E-state index in [1.165, 1.54) is 49.7 Å². The molecule has 0 saturated carbocycles. The van der Waals surface area contributed by atoms with Crippen molar-refractivity contribution in [3.8, 4) is 0 Å². The number of nitrogens with zero attached hydrogens (tertiary/aromatic N) is 1. The third-order valence-corrected chi connectivity index (χ3v) is 7.92. The second-order valence-electron chi connectivity index (χ2n) is 11.2. The molecular weight excluding hydrogens is 633 g/mol. The molecule has 2 heterocycles. The number of carbonyl (C=O) groups excluding carboxylic acids is 1. The lowest BCUT2D eigenvalue weighted by molar-refractivity contribution is 0.00407. The molecule has 0 spiro atoms. The first kappa shape index (κ1) is 34.6. The Morgan fingerprint density at radius 3 is 2.05 bits per heavy atom. The van der Waals surface area contributed by atoms with Gasteiger partial charge in [0.2, 0.25) is 0 Å². The predicted octanol–water partition coefficient (Wildman–Crippen LogP) is 8.36. The number of hydrogen-bond donors (Lipinski definition) is 1. The number of hydrogen-bond acceptors (Lipinski definition) is 4. The first-order valence-corrected chi connectivity index (χ1v) is 15.6. The fourth-order valence-electron chi connectivity index (χ4n) is 4.74. The lowest BCUT2D eigenvalue weighted by Crippen LogP contribution is -2.46. The van der Waals surface area contributed by atoms with Crippen LogP contribution in [0.25, 0.3) is 5.57 Å². The molecule has 2 aromatic carbocycles. The van der Waals surface area contributed by atoms with Gasteiger partial charge in [0, 0.05) is 49.6 Å². The Morgan fingerprint density at radius 2 is 1.55 bits per heavy atom. The van der Waals surface area contributed by atoms with Crippen molar-refractivity contribution < 1.29 is 19.4 Å². The molecule has 5 rings (SSSR count). The van der Waals surface area contributed by atoms with E-state index in [2.05, 4.69) is 62.2 Å². The molecule has 2 atom stereocenters. The maximum absolute atomic E-state index is 12.2. The van der Waals surface area contributed by atoms with Crippen molar-refractivity contribution in [2.45, 2.75) is 83.3 Å². The highest BCUT2D eigenvalue weighted by Gasteiger charge is 2.33. The van der Waals surface area contributed by atoms with Crippen LogP contribution in [-0.2, 0) is 9.47 Å². The molecule has 5 nitrogen and oxygen atoms in total. The maximum atomic E-state index is 12.2. The zero-order valence-electron chi connectivity index (χ0n) is 24.1. The van der Waals surface area contributed by atoms with Crippen molar-refractivity contribution >= 4 is 51.9 Å². The third kappa shape index (κ3) is 12.1. The highest BCUT2D eigenvalue weighted by molar-refractivity contribution is 9.10. The zero-order chi connectivity index (χ0) is 28.3. The molecular formula is C32H43BBr2NO4. The first-order valence-electron chi connectivity index (χ1n) is 14.1. The van der Waals surface area contributed by atoms with E-state index in [0.717, 1.165) is 27.7 Å². The summed E-state index contributed by atoms with van der Waals surface area (Å²) in [6.07, 6.45) is 9.99. The van der Waals surface area contributed by atoms with E-state index in [0.29, 0.717) is 19.5 Å². The van der Waals surface area contributed by atoms with Gasteiger partial charge < -0.3 is 19.5 Å². The normalized spacial score (nSPS) is 20.6. The van der Waals surface area contributed by atoms with Gasteiger partial charge in [-0.05, 0) is 107 Å². The number of benzene rings is 2. The third-order valence-electron chi connectivity index (χ3n) is 6.86. The van der Waals surface area contributed by atoms with Gasteiger partial charge >= 0.3 is 6.09 Å². The van der Waals surface area contributed by atoms with Gasteiger partial charge in [-0.3, -0.25) is 0 Å². The van der Waals surface area contributed by atoms with Gasteiger partial charge in [0.15, 0.2) is 0 Å². The summed E-state index contributed by atoms with van der Waals surface area (Å²) in [4.78, 5) is 13.9. The Balaban J connectivity index is 0.000000249. The van der Waals surface area contributed by atoms with Crippen molar-refractivity contribution in [2.24, 2.45) is 0 Å². The van der Waals surface area contributed by atoms with Crippen LogP contribution in [-0.4, -0.2) is 62.5 Å². The molecule has 0 unspecified atom stereocenters. The number of allylic oxidation sites excluding steroid dienone is 2. The van der Waals surface area contributed by atoms with Crippen LogP contribution in [0.4, 0.5) is 4.79 Å². The smallest absolute Gasteiger partial charge is 0.410 e. The summed E-state index contributed by atoms with van der Waals surface area (Å²) in [6.45, 7) is 8.59. The summed E-state index contributed by atoms with van der Waals surface area (Å²) < 4.78 is 12.5. The lowest BCUT2D eigenvalue weighted by atomic mass is 9.88. The van der Waals surface area contributed by atoms with Crippen molar-refractivity contribution in [3.05, 3.63) is 74.7 Å². The van der Waals surface area contributed by atoms with Gasteiger partial charge in [-0.25, -0.2) is 4.79 Å².